The Bertz CT molecular complexity index is 819. The average Bonchev–Trinajstić information content (AvgIpc) is 3.29. The van der Waals surface area contributed by atoms with E-state index in [-0.39, 0.29) is 11.8 Å². The van der Waals surface area contributed by atoms with Crippen LogP contribution in [0.25, 0.3) is 10.6 Å². The highest BCUT2D eigenvalue weighted by molar-refractivity contribution is 7.18. The van der Waals surface area contributed by atoms with Gasteiger partial charge in [-0.2, -0.15) is 0 Å². The first-order valence-corrected chi connectivity index (χ1v) is 8.22. The third kappa shape index (κ3) is 2.98. The number of hydrogen-bond acceptors (Lipinski definition) is 5. The largest absolute Gasteiger partial charge is 0.300 e. The molecule has 0 radical (unpaired) electrons. The minimum absolute atomic E-state index is 0.0211. The number of rotatable bonds is 4. The molecule has 2 atom stereocenters. The normalized spacial score (nSPS) is 19.3. The molecule has 2 aromatic heterocycles. The minimum atomic E-state index is 0.0211. The molecule has 1 N–H and O–H groups in total. The van der Waals surface area contributed by atoms with Crippen molar-refractivity contribution >= 4 is 22.4 Å². The highest BCUT2D eigenvalue weighted by atomic mass is 32.1. The summed E-state index contributed by atoms with van der Waals surface area (Å²) < 4.78 is 0. The fraction of sp³-hybridized carbons (Fsp3) is 0.176. The van der Waals surface area contributed by atoms with Crippen LogP contribution in [-0.4, -0.2) is 21.1 Å². The number of benzene rings is 1. The molecule has 114 valence electrons. The highest BCUT2D eigenvalue weighted by Gasteiger charge is 2.44. The van der Waals surface area contributed by atoms with Gasteiger partial charge in [-0.05, 0) is 30.0 Å². The zero-order chi connectivity index (χ0) is 15.6. The van der Waals surface area contributed by atoms with Gasteiger partial charge in [-0.15, -0.1) is 10.2 Å². The number of nitrogens with zero attached hydrogens (tertiary/aromatic N) is 3. The molecular weight excluding hydrogens is 308 g/mol. The summed E-state index contributed by atoms with van der Waals surface area (Å²) in [4.78, 5) is 16.4. The molecule has 0 bridgehead atoms. The molecule has 2 heterocycles. The summed E-state index contributed by atoms with van der Waals surface area (Å²) >= 11 is 1.36. The average molecular weight is 322 g/mol. The van der Waals surface area contributed by atoms with Crippen LogP contribution in [0.3, 0.4) is 0 Å². The summed E-state index contributed by atoms with van der Waals surface area (Å²) in [7, 11) is 0. The fourth-order valence-electron chi connectivity index (χ4n) is 2.63. The highest BCUT2D eigenvalue weighted by Crippen LogP contribution is 2.48. The molecule has 1 aliphatic carbocycles. The molecule has 1 aliphatic rings. The van der Waals surface area contributed by atoms with Crippen LogP contribution in [0, 0.1) is 5.92 Å². The quantitative estimate of drug-likeness (QED) is 0.800. The molecule has 1 amide bonds. The van der Waals surface area contributed by atoms with Gasteiger partial charge < -0.3 is 5.32 Å². The molecule has 0 saturated heterocycles. The lowest BCUT2D eigenvalue weighted by Gasteiger charge is -2.00. The predicted molar refractivity (Wildman–Crippen MR) is 89.1 cm³/mol. The van der Waals surface area contributed by atoms with Gasteiger partial charge in [0.2, 0.25) is 11.0 Å². The van der Waals surface area contributed by atoms with E-state index in [2.05, 4.69) is 32.6 Å². The van der Waals surface area contributed by atoms with Crippen molar-refractivity contribution < 1.29 is 4.79 Å². The lowest BCUT2D eigenvalue weighted by atomic mass is 10.1. The molecule has 3 aromatic rings. The number of hydrogen-bond donors (Lipinski definition) is 1. The maximum atomic E-state index is 12.3. The van der Waals surface area contributed by atoms with E-state index in [1.54, 1.807) is 12.4 Å². The Morgan fingerprint density at radius 1 is 1.13 bits per heavy atom. The van der Waals surface area contributed by atoms with E-state index in [0.717, 1.165) is 17.0 Å². The molecule has 1 fully saturated rings. The van der Waals surface area contributed by atoms with E-state index in [1.807, 2.05) is 30.3 Å². The number of pyridine rings is 1. The van der Waals surface area contributed by atoms with E-state index in [4.69, 9.17) is 0 Å². The van der Waals surface area contributed by atoms with Crippen LogP contribution >= 0.6 is 11.3 Å². The van der Waals surface area contributed by atoms with Crippen LogP contribution in [0.15, 0.2) is 54.9 Å². The number of aromatic nitrogens is 3. The Kier molecular flexibility index (Phi) is 3.59. The molecule has 23 heavy (non-hydrogen) atoms. The standard InChI is InChI=1S/C17H14N4OS/c22-15(14-9-13(14)11-5-2-1-3-6-11)19-17-21-20-16(23-17)12-7-4-8-18-10-12/h1-8,10,13-14H,9H2,(H,19,21,22)/t13-,14+/m1/s1. The van der Waals surface area contributed by atoms with Crippen LogP contribution in [0.1, 0.15) is 17.9 Å². The second-order valence-electron chi connectivity index (χ2n) is 5.50. The van der Waals surface area contributed by atoms with Crippen LogP contribution in [0.5, 0.6) is 0 Å². The Morgan fingerprint density at radius 2 is 2.00 bits per heavy atom. The first-order chi connectivity index (χ1) is 11.3. The van der Waals surface area contributed by atoms with Gasteiger partial charge in [0.25, 0.3) is 0 Å². The molecular formula is C17H14N4OS. The Hall–Kier alpha value is -2.60. The van der Waals surface area contributed by atoms with Crippen molar-refractivity contribution in [1.82, 2.24) is 15.2 Å². The number of anilines is 1. The van der Waals surface area contributed by atoms with Crippen molar-refractivity contribution in [3.8, 4) is 10.6 Å². The molecule has 1 saturated carbocycles. The number of carbonyl (C=O) groups excluding carboxylic acids is 1. The van der Waals surface area contributed by atoms with Crippen LogP contribution in [-0.2, 0) is 4.79 Å². The molecule has 5 nitrogen and oxygen atoms in total. The van der Waals surface area contributed by atoms with Crippen molar-refractivity contribution in [1.29, 1.82) is 0 Å². The van der Waals surface area contributed by atoms with Gasteiger partial charge in [-0.1, -0.05) is 41.7 Å². The van der Waals surface area contributed by atoms with Gasteiger partial charge in [0.15, 0.2) is 5.01 Å². The number of nitrogens with one attached hydrogen (secondary N) is 1. The molecule has 0 spiro atoms. The third-order valence-electron chi connectivity index (χ3n) is 3.92. The van der Waals surface area contributed by atoms with Crippen molar-refractivity contribution in [2.24, 2.45) is 5.92 Å². The van der Waals surface area contributed by atoms with Crippen molar-refractivity contribution in [2.75, 3.05) is 5.32 Å². The summed E-state index contributed by atoms with van der Waals surface area (Å²) in [6.45, 7) is 0. The lowest BCUT2D eigenvalue weighted by molar-refractivity contribution is -0.117. The lowest BCUT2D eigenvalue weighted by Crippen LogP contribution is -2.14. The molecule has 0 aliphatic heterocycles. The van der Waals surface area contributed by atoms with E-state index in [9.17, 15) is 4.79 Å². The van der Waals surface area contributed by atoms with Crippen molar-refractivity contribution in [2.45, 2.75) is 12.3 Å². The maximum absolute atomic E-state index is 12.3. The SMILES string of the molecule is O=C(Nc1nnc(-c2cccnc2)s1)[C@H]1C[C@@H]1c1ccccc1. The number of carbonyl (C=O) groups is 1. The van der Waals surface area contributed by atoms with Crippen LogP contribution in [0.2, 0.25) is 0 Å². The topological polar surface area (TPSA) is 67.8 Å². The van der Waals surface area contributed by atoms with Crippen LogP contribution < -0.4 is 5.32 Å². The summed E-state index contributed by atoms with van der Waals surface area (Å²) in [6, 6.07) is 13.9. The van der Waals surface area contributed by atoms with Gasteiger partial charge in [-0.25, -0.2) is 0 Å². The Balaban J connectivity index is 1.42. The van der Waals surface area contributed by atoms with Gasteiger partial charge >= 0.3 is 0 Å². The maximum Gasteiger partial charge on any atom is 0.229 e. The van der Waals surface area contributed by atoms with Gasteiger partial charge in [-0.3, -0.25) is 9.78 Å². The zero-order valence-corrected chi connectivity index (χ0v) is 13.0. The van der Waals surface area contributed by atoms with E-state index < -0.39 is 0 Å². The summed E-state index contributed by atoms with van der Waals surface area (Å²) in [5, 5.41) is 12.3. The first-order valence-electron chi connectivity index (χ1n) is 7.41. The van der Waals surface area contributed by atoms with Gasteiger partial charge in [0.1, 0.15) is 0 Å². The molecule has 0 unspecified atom stereocenters. The Morgan fingerprint density at radius 3 is 2.78 bits per heavy atom. The molecule has 1 aromatic carbocycles. The monoisotopic (exact) mass is 322 g/mol. The smallest absolute Gasteiger partial charge is 0.229 e. The Labute approximate surface area is 137 Å². The first kappa shape index (κ1) is 14.0. The second kappa shape index (κ2) is 5.89. The molecule has 6 heteroatoms. The summed E-state index contributed by atoms with van der Waals surface area (Å²) in [6.07, 6.45) is 4.34. The zero-order valence-electron chi connectivity index (χ0n) is 12.2. The van der Waals surface area contributed by atoms with Gasteiger partial charge in [0, 0.05) is 23.9 Å². The number of amides is 1. The van der Waals surface area contributed by atoms with Crippen molar-refractivity contribution in [3.63, 3.8) is 0 Å². The summed E-state index contributed by atoms with van der Waals surface area (Å²) in [5.74, 6) is 0.373. The third-order valence-corrected chi connectivity index (χ3v) is 4.81. The van der Waals surface area contributed by atoms with Gasteiger partial charge in [0.05, 0.1) is 0 Å². The van der Waals surface area contributed by atoms with E-state index >= 15 is 0 Å². The summed E-state index contributed by atoms with van der Waals surface area (Å²) in [5.41, 5.74) is 2.13. The second-order valence-corrected chi connectivity index (χ2v) is 6.48. The minimum Gasteiger partial charge on any atom is -0.300 e. The fourth-order valence-corrected chi connectivity index (χ4v) is 3.37. The molecule has 4 rings (SSSR count). The van der Waals surface area contributed by atoms with Crippen LogP contribution in [0.4, 0.5) is 5.13 Å². The van der Waals surface area contributed by atoms with E-state index in [1.165, 1.54) is 16.9 Å². The predicted octanol–water partition coefficient (Wildman–Crippen LogP) is 3.34. The van der Waals surface area contributed by atoms with E-state index in [0.29, 0.717) is 11.0 Å². The van der Waals surface area contributed by atoms with Crippen molar-refractivity contribution in [3.05, 3.63) is 60.4 Å².